The van der Waals surface area contributed by atoms with Gasteiger partial charge in [-0.25, -0.2) is 0 Å². The lowest BCUT2D eigenvalue weighted by atomic mass is 10.2. The van der Waals surface area contributed by atoms with Crippen molar-refractivity contribution >= 4 is 22.8 Å². The van der Waals surface area contributed by atoms with E-state index < -0.39 is 0 Å². The van der Waals surface area contributed by atoms with Crippen molar-refractivity contribution in [2.24, 2.45) is 0 Å². The van der Waals surface area contributed by atoms with Crippen molar-refractivity contribution in [3.63, 3.8) is 0 Å². The van der Waals surface area contributed by atoms with E-state index in [0.29, 0.717) is 12.0 Å². The van der Waals surface area contributed by atoms with Crippen LogP contribution in [0.5, 0.6) is 0 Å². The molecule has 1 unspecified atom stereocenters. The number of aromatic nitrogens is 4. The lowest BCUT2D eigenvalue weighted by molar-refractivity contribution is 0.372. The molecule has 2 N–H and O–H groups in total. The molecule has 1 saturated heterocycles. The van der Waals surface area contributed by atoms with Gasteiger partial charge < -0.3 is 15.1 Å². The van der Waals surface area contributed by atoms with Gasteiger partial charge in [0.15, 0.2) is 5.65 Å². The van der Waals surface area contributed by atoms with Crippen molar-refractivity contribution in [2.45, 2.75) is 18.9 Å². The van der Waals surface area contributed by atoms with Gasteiger partial charge >= 0.3 is 0 Å². The normalized spacial score (nSPS) is 19.2. The number of hydrogen-bond acceptors (Lipinski definition) is 6. The SMILES string of the molecule is CNc1nc(N2CCCC2CN(C)C)c2cn[nH]c2n1. The van der Waals surface area contributed by atoms with Crippen LogP contribution in [-0.2, 0) is 0 Å². The van der Waals surface area contributed by atoms with Gasteiger partial charge in [-0.2, -0.15) is 15.1 Å². The maximum Gasteiger partial charge on any atom is 0.226 e. The molecule has 7 nitrogen and oxygen atoms in total. The summed E-state index contributed by atoms with van der Waals surface area (Å²) in [4.78, 5) is 13.7. The first-order valence-electron chi connectivity index (χ1n) is 6.99. The molecule has 108 valence electrons. The Morgan fingerprint density at radius 1 is 1.45 bits per heavy atom. The maximum atomic E-state index is 4.66. The number of rotatable bonds is 4. The molecule has 7 heteroatoms. The topological polar surface area (TPSA) is 73.0 Å². The molecule has 0 amide bonds. The van der Waals surface area contributed by atoms with Crippen LogP contribution in [0.25, 0.3) is 11.0 Å². The second kappa shape index (κ2) is 5.24. The van der Waals surface area contributed by atoms with Gasteiger partial charge in [0.1, 0.15) is 5.82 Å². The molecule has 0 aromatic carbocycles. The Kier molecular flexibility index (Phi) is 3.43. The van der Waals surface area contributed by atoms with Gasteiger partial charge in [0, 0.05) is 26.2 Å². The van der Waals surface area contributed by atoms with E-state index in [-0.39, 0.29) is 0 Å². The molecule has 1 aliphatic rings. The Morgan fingerprint density at radius 3 is 3.05 bits per heavy atom. The minimum absolute atomic E-state index is 0.503. The molecule has 2 aromatic heterocycles. The first kappa shape index (κ1) is 13.1. The van der Waals surface area contributed by atoms with E-state index in [1.165, 1.54) is 12.8 Å². The van der Waals surface area contributed by atoms with Crippen molar-refractivity contribution in [3.8, 4) is 0 Å². The molecule has 2 aromatic rings. The zero-order valence-corrected chi connectivity index (χ0v) is 12.2. The summed E-state index contributed by atoms with van der Waals surface area (Å²) < 4.78 is 0. The molecule has 0 spiro atoms. The predicted molar refractivity (Wildman–Crippen MR) is 80.2 cm³/mol. The Hall–Kier alpha value is -1.89. The van der Waals surface area contributed by atoms with Crippen LogP contribution in [0, 0.1) is 0 Å². The Labute approximate surface area is 118 Å². The van der Waals surface area contributed by atoms with Gasteiger partial charge in [0.05, 0.1) is 11.6 Å². The molecule has 1 atom stereocenters. The first-order valence-corrected chi connectivity index (χ1v) is 6.99. The van der Waals surface area contributed by atoms with Crippen molar-refractivity contribution in [3.05, 3.63) is 6.20 Å². The summed E-state index contributed by atoms with van der Waals surface area (Å²) in [5.41, 5.74) is 0.787. The van der Waals surface area contributed by atoms with Crippen LogP contribution < -0.4 is 10.2 Å². The molecule has 0 saturated carbocycles. The van der Waals surface area contributed by atoms with E-state index in [1.807, 2.05) is 13.2 Å². The van der Waals surface area contributed by atoms with Crippen LogP contribution in [0.2, 0.25) is 0 Å². The van der Waals surface area contributed by atoms with E-state index in [0.717, 1.165) is 29.9 Å². The molecular weight excluding hydrogens is 254 g/mol. The third-order valence-corrected chi connectivity index (χ3v) is 3.74. The number of aromatic amines is 1. The zero-order valence-electron chi connectivity index (χ0n) is 12.2. The minimum Gasteiger partial charge on any atom is -0.357 e. The fourth-order valence-corrected chi connectivity index (χ4v) is 2.88. The second-order valence-corrected chi connectivity index (χ2v) is 5.50. The van der Waals surface area contributed by atoms with Gasteiger partial charge in [-0.15, -0.1) is 0 Å². The van der Waals surface area contributed by atoms with E-state index in [1.54, 1.807) is 0 Å². The fourth-order valence-electron chi connectivity index (χ4n) is 2.88. The smallest absolute Gasteiger partial charge is 0.226 e. The van der Waals surface area contributed by atoms with E-state index in [4.69, 9.17) is 0 Å². The highest BCUT2D eigenvalue weighted by Crippen LogP contribution is 2.30. The number of nitrogens with zero attached hydrogens (tertiary/aromatic N) is 5. The molecule has 3 heterocycles. The summed E-state index contributed by atoms with van der Waals surface area (Å²) in [5, 5.41) is 11.1. The molecule has 0 bridgehead atoms. The summed E-state index contributed by atoms with van der Waals surface area (Å²) in [5.74, 6) is 1.62. The summed E-state index contributed by atoms with van der Waals surface area (Å²) in [6, 6.07) is 0.503. The molecule has 0 radical (unpaired) electrons. The van der Waals surface area contributed by atoms with Gasteiger partial charge in [0.2, 0.25) is 5.95 Å². The average Bonchev–Trinajstić information content (AvgIpc) is 3.05. The van der Waals surface area contributed by atoms with E-state index >= 15 is 0 Å². The standard InChI is InChI=1S/C13H21N7/c1-14-13-16-11-10(7-15-18-11)12(17-13)20-6-4-5-9(20)8-19(2)3/h7,9H,4-6,8H2,1-3H3,(H2,14,15,16,17,18). The lowest BCUT2D eigenvalue weighted by Crippen LogP contribution is -2.38. The van der Waals surface area contributed by atoms with Crippen molar-refractivity contribution < 1.29 is 0 Å². The molecule has 0 aliphatic carbocycles. The monoisotopic (exact) mass is 275 g/mol. The zero-order chi connectivity index (χ0) is 14.1. The number of anilines is 2. The minimum atomic E-state index is 0.503. The molecule has 20 heavy (non-hydrogen) atoms. The molecular formula is C13H21N7. The van der Waals surface area contributed by atoms with Gasteiger partial charge in [0.25, 0.3) is 0 Å². The Bertz CT molecular complexity index is 591. The van der Waals surface area contributed by atoms with Crippen LogP contribution in [0.3, 0.4) is 0 Å². The highest BCUT2D eigenvalue weighted by Gasteiger charge is 2.28. The van der Waals surface area contributed by atoms with Gasteiger partial charge in [-0.1, -0.05) is 0 Å². The van der Waals surface area contributed by atoms with Crippen LogP contribution >= 0.6 is 0 Å². The number of likely N-dealkylation sites (N-methyl/N-ethyl adjacent to an activating group) is 1. The van der Waals surface area contributed by atoms with Crippen LogP contribution in [0.1, 0.15) is 12.8 Å². The highest BCUT2D eigenvalue weighted by atomic mass is 15.3. The van der Waals surface area contributed by atoms with Crippen molar-refractivity contribution in [1.29, 1.82) is 0 Å². The number of nitrogens with one attached hydrogen (secondary N) is 2. The molecule has 3 rings (SSSR count). The van der Waals surface area contributed by atoms with Crippen LogP contribution in [0.15, 0.2) is 6.20 Å². The predicted octanol–water partition coefficient (Wildman–Crippen LogP) is 0.925. The fraction of sp³-hybridized carbons (Fsp3) is 0.615. The lowest BCUT2D eigenvalue weighted by Gasteiger charge is -2.28. The first-order chi connectivity index (χ1) is 9.69. The molecule has 1 aliphatic heterocycles. The highest BCUT2D eigenvalue weighted by molar-refractivity contribution is 5.87. The summed E-state index contributed by atoms with van der Waals surface area (Å²) in [6.07, 6.45) is 4.22. The van der Waals surface area contributed by atoms with Gasteiger partial charge in [-0.05, 0) is 26.9 Å². The summed E-state index contributed by atoms with van der Waals surface area (Å²) in [6.45, 7) is 2.08. The largest absolute Gasteiger partial charge is 0.357 e. The number of fused-ring (bicyclic) bond motifs is 1. The third kappa shape index (κ3) is 2.29. The van der Waals surface area contributed by atoms with Gasteiger partial charge in [-0.3, -0.25) is 5.10 Å². The maximum absolute atomic E-state index is 4.66. The quantitative estimate of drug-likeness (QED) is 0.864. The Morgan fingerprint density at radius 2 is 2.30 bits per heavy atom. The van der Waals surface area contributed by atoms with Crippen LogP contribution in [0.4, 0.5) is 11.8 Å². The Balaban J connectivity index is 2.01. The summed E-state index contributed by atoms with van der Waals surface area (Å²) in [7, 11) is 6.06. The van der Waals surface area contributed by atoms with E-state index in [9.17, 15) is 0 Å². The summed E-state index contributed by atoms with van der Waals surface area (Å²) >= 11 is 0. The number of hydrogen-bond donors (Lipinski definition) is 2. The molecule has 1 fully saturated rings. The van der Waals surface area contributed by atoms with Crippen molar-refractivity contribution in [1.82, 2.24) is 25.1 Å². The second-order valence-electron chi connectivity index (χ2n) is 5.50. The van der Waals surface area contributed by atoms with E-state index in [2.05, 4.69) is 49.4 Å². The third-order valence-electron chi connectivity index (χ3n) is 3.74. The van der Waals surface area contributed by atoms with Crippen molar-refractivity contribution in [2.75, 3.05) is 44.4 Å². The average molecular weight is 275 g/mol. The number of H-pyrrole nitrogens is 1. The van der Waals surface area contributed by atoms with Crippen LogP contribution in [-0.4, -0.2) is 65.3 Å².